The van der Waals surface area contributed by atoms with Crippen molar-refractivity contribution in [2.24, 2.45) is 0 Å². The molecule has 0 bridgehead atoms. The normalized spacial score (nSPS) is 16.2. The molecule has 3 heteroatoms. The summed E-state index contributed by atoms with van der Waals surface area (Å²) < 4.78 is 0. The fourth-order valence-electron chi connectivity index (χ4n) is 3.17. The van der Waals surface area contributed by atoms with E-state index in [9.17, 15) is 10.2 Å². The van der Waals surface area contributed by atoms with Gasteiger partial charge in [-0.1, -0.05) is 42.8 Å². The summed E-state index contributed by atoms with van der Waals surface area (Å²) in [7, 11) is 0. The number of benzene rings is 2. The molecule has 1 aliphatic heterocycles. The van der Waals surface area contributed by atoms with Gasteiger partial charge < -0.3 is 10.2 Å². The molecule has 0 amide bonds. The van der Waals surface area contributed by atoms with Crippen molar-refractivity contribution in [2.45, 2.75) is 25.3 Å². The summed E-state index contributed by atoms with van der Waals surface area (Å²) in [5, 5.41) is 20.5. The Hall–Kier alpha value is -2.00. The molecule has 2 aromatic rings. The summed E-state index contributed by atoms with van der Waals surface area (Å²) in [6.45, 7) is 1.99. The van der Waals surface area contributed by atoms with Crippen molar-refractivity contribution >= 4 is 0 Å². The first-order valence-electron chi connectivity index (χ1n) is 7.57. The lowest BCUT2D eigenvalue weighted by Crippen LogP contribution is -2.34. The molecule has 3 rings (SSSR count). The Kier molecular flexibility index (Phi) is 4.11. The first-order chi connectivity index (χ1) is 10.3. The number of rotatable bonds is 3. The van der Waals surface area contributed by atoms with Crippen LogP contribution in [-0.2, 0) is 0 Å². The number of likely N-dealkylation sites (tertiary alicyclic amines) is 1. The number of hydrogen-bond acceptors (Lipinski definition) is 3. The van der Waals surface area contributed by atoms with Crippen LogP contribution in [0.15, 0.2) is 48.5 Å². The van der Waals surface area contributed by atoms with Crippen molar-refractivity contribution in [1.29, 1.82) is 0 Å². The molecule has 0 atom stereocenters. The zero-order valence-corrected chi connectivity index (χ0v) is 12.1. The Morgan fingerprint density at radius 3 is 1.67 bits per heavy atom. The second-order valence-electron chi connectivity index (χ2n) is 5.62. The summed E-state index contributed by atoms with van der Waals surface area (Å²) in [5.41, 5.74) is 1.72. The van der Waals surface area contributed by atoms with E-state index in [0.29, 0.717) is 0 Å². The minimum atomic E-state index is -0.0901. The third-order valence-electron chi connectivity index (χ3n) is 4.22. The molecule has 110 valence electrons. The quantitative estimate of drug-likeness (QED) is 0.903. The maximum Gasteiger partial charge on any atom is 0.120 e. The highest BCUT2D eigenvalue weighted by Gasteiger charge is 2.27. The van der Waals surface area contributed by atoms with Crippen LogP contribution in [0.1, 0.15) is 36.4 Å². The minimum absolute atomic E-state index is 0.0901. The third-order valence-corrected chi connectivity index (χ3v) is 4.22. The van der Waals surface area contributed by atoms with E-state index in [0.717, 1.165) is 37.1 Å². The van der Waals surface area contributed by atoms with E-state index < -0.39 is 0 Å². The Morgan fingerprint density at radius 1 is 0.714 bits per heavy atom. The first-order valence-corrected chi connectivity index (χ1v) is 7.57. The van der Waals surface area contributed by atoms with Crippen LogP contribution in [0, 0.1) is 0 Å². The number of hydrogen-bond donors (Lipinski definition) is 2. The molecule has 2 N–H and O–H groups in total. The summed E-state index contributed by atoms with van der Waals surface area (Å²) >= 11 is 0. The monoisotopic (exact) mass is 283 g/mol. The zero-order valence-electron chi connectivity index (χ0n) is 12.1. The van der Waals surface area contributed by atoms with Crippen LogP contribution in [0.2, 0.25) is 0 Å². The van der Waals surface area contributed by atoms with Crippen molar-refractivity contribution in [1.82, 2.24) is 4.90 Å². The predicted molar refractivity (Wildman–Crippen MR) is 83.5 cm³/mol. The van der Waals surface area contributed by atoms with Crippen molar-refractivity contribution in [3.63, 3.8) is 0 Å². The van der Waals surface area contributed by atoms with E-state index in [1.165, 1.54) is 6.42 Å². The maximum absolute atomic E-state index is 10.3. The number of phenolic OH excluding ortho intramolecular Hbond substituents is 2. The summed E-state index contributed by atoms with van der Waals surface area (Å²) in [5.74, 6) is 0.577. The molecule has 0 spiro atoms. The molecular weight excluding hydrogens is 262 g/mol. The van der Waals surface area contributed by atoms with Crippen LogP contribution in [0.4, 0.5) is 0 Å². The smallest absolute Gasteiger partial charge is 0.120 e. The van der Waals surface area contributed by atoms with Gasteiger partial charge in [0.05, 0.1) is 6.04 Å². The predicted octanol–water partition coefficient (Wildman–Crippen LogP) is 3.67. The second kappa shape index (κ2) is 6.19. The zero-order chi connectivity index (χ0) is 14.7. The van der Waals surface area contributed by atoms with E-state index in [2.05, 4.69) is 4.90 Å². The van der Waals surface area contributed by atoms with Gasteiger partial charge in [-0.15, -0.1) is 0 Å². The van der Waals surface area contributed by atoms with Crippen molar-refractivity contribution in [3.05, 3.63) is 59.7 Å². The lowest BCUT2D eigenvalue weighted by atomic mass is 9.93. The van der Waals surface area contributed by atoms with Gasteiger partial charge in [-0.3, -0.25) is 4.90 Å². The number of phenols is 2. The molecule has 3 nitrogen and oxygen atoms in total. The molecule has 21 heavy (non-hydrogen) atoms. The molecule has 1 aliphatic rings. The average molecular weight is 283 g/mol. The molecular formula is C18H21NO2. The van der Waals surface area contributed by atoms with Gasteiger partial charge in [0.25, 0.3) is 0 Å². The second-order valence-corrected chi connectivity index (χ2v) is 5.62. The Morgan fingerprint density at radius 2 is 1.19 bits per heavy atom. The van der Waals surface area contributed by atoms with Gasteiger partial charge in [0.2, 0.25) is 0 Å². The van der Waals surface area contributed by atoms with Gasteiger partial charge in [-0.2, -0.15) is 0 Å². The number of nitrogens with zero attached hydrogens (tertiary/aromatic N) is 1. The molecule has 0 aliphatic carbocycles. The van der Waals surface area contributed by atoms with Crippen LogP contribution in [0.3, 0.4) is 0 Å². The minimum Gasteiger partial charge on any atom is -0.508 e. The molecule has 1 heterocycles. The molecule has 0 radical (unpaired) electrons. The van der Waals surface area contributed by atoms with E-state index in [4.69, 9.17) is 0 Å². The van der Waals surface area contributed by atoms with Gasteiger partial charge in [0.1, 0.15) is 11.5 Å². The van der Waals surface area contributed by atoms with E-state index >= 15 is 0 Å². The average Bonchev–Trinajstić information content (AvgIpc) is 2.52. The molecule has 2 aromatic carbocycles. The van der Waals surface area contributed by atoms with Crippen molar-refractivity contribution in [3.8, 4) is 11.5 Å². The molecule has 0 unspecified atom stereocenters. The fraction of sp³-hybridized carbons (Fsp3) is 0.333. The molecule has 0 saturated carbocycles. The van der Waals surface area contributed by atoms with Crippen LogP contribution < -0.4 is 0 Å². The third kappa shape index (κ3) is 2.88. The summed E-state index contributed by atoms with van der Waals surface area (Å²) in [6.07, 6.45) is 3.58. The lowest BCUT2D eigenvalue weighted by molar-refractivity contribution is 0.182. The topological polar surface area (TPSA) is 43.7 Å². The highest BCUT2D eigenvalue weighted by Crippen LogP contribution is 2.38. The largest absolute Gasteiger partial charge is 0.508 e. The number of piperidine rings is 1. The SMILES string of the molecule is Oc1ccccc1C(c1ccccc1O)N1CCCCC1. The Labute approximate surface area is 125 Å². The van der Waals surface area contributed by atoms with Gasteiger partial charge in [-0.05, 0) is 38.1 Å². The van der Waals surface area contributed by atoms with Crippen LogP contribution in [0.5, 0.6) is 11.5 Å². The Balaban J connectivity index is 2.07. The highest BCUT2D eigenvalue weighted by atomic mass is 16.3. The number of para-hydroxylation sites is 2. The molecule has 1 fully saturated rings. The van der Waals surface area contributed by atoms with Crippen LogP contribution in [0.25, 0.3) is 0 Å². The van der Waals surface area contributed by atoms with Gasteiger partial charge in [0.15, 0.2) is 0 Å². The van der Waals surface area contributed by atoms with Gasteiger partial charge in [0, 0.05) is 11.1 Å². The van der Waals surface area contributed by atoms with Crippen molar-refractivity contribution in [2.75, 3.05) is 13.1 Å². The van der Waals surface area contributed by atoms with Gasteiger partial charge in [-0.25, -0.2) is 0 Å². The standard InChI is InChI=1S/C18H21NO2/c20-16-10-4-2-8-14(16)18(19-12-6-1-7-13-19)15-9-3-5-11-17(15)21/h2-5,8-11,18,20-21H,1,6-7,12-13H2. The Bertz CT molecular complexity index is 560. The van der Waals surface area contributed by atoms with Gasteiger partial charge >= 0.3 is 0 Å². The van der Waals surface area contributed by atoms with Crippen LogP contribution in [-0.4, -0.2) is 28.2 Å². The van der Waals surface area contributed by atoms with Crippen molar-refractivity contribution < 1.29 is 10.2 Å². The summed E-state index contributed by atoms with van der Waals surface area (Å²) in [4.78, 5) is 2.35. The summed E-state index contributed by atoms with van der Waals surface area (Å²) in [6, 6.07) is 14.8. The fourth-order valence-corrected chi connectivity index (χ4v) is 3.17. The molecule has 1 saturated heterocycles. The number of aromatic hydroxyl groups is 2. The van der Waals surface area contributed by atoms with E-state index in [1.807, 2.05) is 36.4 Å². The lowest BCUT2D eigenvalue weighted by Gasteiger charge is -2.35. The first kappa shape index (κ1) is 14.0. The van der Waals surface area contributed by atoms with E-state index in [-0.39, 0.29) is 17.5 Å². The molecule has 0 aromatic heterocycles. The van der Waals surface area contributed by atoms with E-state index in [1.54, 1.807) is 12.1 Å². The highest BCUT2D eigenvalue weighted by molar-refractivity contribution is 5.45. The maximum atomic E-state index is 10.3. The van der Waals surface area contributed by atoms with Crippen LogP contribution >= 0.6 is 0 Å².